The number of hydrogen-bond acceptors (Lipinski definition) is 1. The van der Waals surface area contributed by atoms with Crippen molar-refractivity contribution in [3.8, 4) is 0 Å². The number of aryl methyl sites for hydroxylation is 2. The van der Waals surface area contributed by atoms with Crippen LogP contribution in [0.3, 0.4) is 0 Å². The number of carbonyl (C=O) groups is 1. The molecule has 0 atom stereocenters. The summed E-state index contributed by atoms with van der Waals surface area (Å²) in [7, 11) is 0. The van der Waals surface area contributed by atoms with Gasteiger partial charge in [0.2, 0.25) is 0 Å². The molecule has 0 spiro atoms. The molecule has 0 radical (unpaired) electrons. The molecule has 0 heterocycles. The molecule has 0 bridgehead atoms. The molecule has 0 aliphatic carbocycles. The van der Waals surface area contributed by atoms with Gasteiger partial charge in [0.15, 0.2) is 5.78 Å². The van der Waals surface area contributed by atoms with Crippen LogP contribution in [-0.4, -0.2) is 5.78 Å². The van der Waals surface area contributed by atoms with Crippen molar-refractivity contribution in [2.24, 2.45) is 0 Å². The Bertz CT molecular complexity index is 644. The first-order chi connectivity index (χ1) is 8.90. The average Bonchev–Trinajstić information content (AvgIpc) is 2.34. The molecule has 0 unspecified atom stereocenters. The molecule has 0 aliphatic rings. The lowest BCUT2D eigenvalue weighted by atomic mass is 9.99. The average molecular weight is 342 g/mol. The van der Waals surface area contributed by atoms with E-state index in [0.29, 0.717) is 5.56 Å². The van der Waals surface area contributed by atoms with Gasteiger partial charge >= 0.3 is 0 Å². The molecule has 2 aromatic rings. The van der Waals surface area contributed by atoms with Crippen LogP contribution in [-0.2, 0) is 0 Å². The number of ketones is 1. The smallest absolute Gasteiger partial charge is 0.195 e. The van der Waals surface area contributed by atoms with Crippen LogP contribution in [0.25, 0.3) is 0 Å². The third-order valence-corrected chi connectivity index (χ3v) is 4.36. The molecule has 1 nitrogen and oxygen atoms in total. The second kappa shape index (κ2) is 5.43. The number of rotatable bonds is 2. The summed E-state index contributed by atoms with van der Waals surface area (Å²) in [5, 5.41) is 0.275. The van der Waals surface area contributed by atoms with Crippen molar-refractivity contribution in [2.75, 3.05) is 0 Å². The van der Waals surface area contributed by atoms with E-state index in [1.165, 1.54) is 12.1 Å². The van der Waals surface area contributed by atoms with Crippen molar-refractivity contribution < 1.29 is 9.18 Å². The van der Waals surface area contributed by atoms with Gasteiger partial charge in [0.1, 0.15) is 5.82 Å². The van der Waals surface area contributed by atoms with Crippen molar-refractivity contribution in [2.45, 2.75) is 13.8 Å². The van der Waals surface area contributed by atoms with Gasteiger partial charge in [-0.1, -0.05) is 27.5 Å². The van der Waals surface area contributed by atoms with Gasteiger partial charge in [0, 0.05) is 15.1 Å². The summed E-state index contributed by atoms with van der Waals surface area (Å²) in [6.07, 6.45) is 0. The largest absolute Gasteiger partial charge is 0.288 e. The maximum Gasteiger partial charge on any atom is 0.195 e. The zero-order valence-corrected chi connectivity index (χ0v) is 12.8. The Morgan fingerprint density at radius 2 is 1.74 bits per heavy atom. The molecule has 0 fully saturated rings. The third-order valence-electron chi connectivity index (χ3n) is 2.87. The van der Waals surface area contributed by atoms with E-state index < -0.39 is 5.82 Å². The first-order valence-electron chi connectivity index (χ1n) is 5.66. The molecule has 19 heavy (non-hydrogen) atoms. The predicted molar refractivity (Wildman–Crippen MR) is 78.5 cm³/mol. The summed E-state index contributed by atoms with van der Waals surface area (Å²) in [6.45, 7) is 3.79. The topological polar surface area (TPSA) is 17.1 Å². The fourth-order valence-corrected chi connectivity index (χ4v) is 2.29. The zero-order valence-electron chi connectivity index (χ0n) is 10.4. The lowest BCUT2D eigenvalue weighted by Gasteiger charge is -2.08. The van der Waals surface area contributed by atoms with Crippen LogP contribution in [0.4, 0.5) is 4.39 Å². The van der Waals surface area contributed by atoms with E-state index in [1.807, 2.05) is 13.8 Å². The number of benzene rings is 2. The van der Waals surface area contributed by atoms with Gasteiger partial charge in [-0.3, -0.25) is 4.79 Å². The van der Waals surface area contributed by atoms with Gasteiger partial charge in [-0.15, -0.1) is 0 Å². The summed E-state index contributed by atoms with van der Waals surface area (Å²) < 4.78 is 14.7. The molecule has 2 rings (SSSR count). The van der Waals surface area contributed by atoms with Gasteiger partial charge in [-0.05, 0) is 55.3 Å². The Kier molecular flexibility index (Phi) is 4.07. The van der Waals surface area contributed by atoms with Gasteiger partial charge < -0.3 is 0 Å². The molecule has 4 heteroatoms. The minimum atomic E-state index is -0.601. The normalized spacial score (nSPS) is 10.6. The van der Waals surface area contributed by atoms with E-state index in [4.69, 9.17) is 11.6 Å². The first kappa shape index (κ1) is 14.2. The molecule has 98 valence electrons. The molecular formula is C15H11BrClFO. The molecule has 0 saturated carbocycles. The quantitative estimate of drug-likeness (QED) is 0.695. The highest BCUT2D eigenvalue weighted by atomic mass is 79.9. The molecule has 0 N–H and O–H groups in total. The Morgan fingerprint density at radius 1 is 1.16 bits per heavy atom. The van der Waals surface area contributed by atoms with Crippen molar-refractivity contribution in [3.05, 3.63) is 67.9 Å². The van der Waals surface area contributed by atoms with Crippen molar-refractivity contribution >= 4 is 33.3 Å². The predicted octanol–water partition coefficient (Wildman–Crippen LogP) is 5.09. The highest BCUT2D eigenvalue weighted by Gasteiger charge is 2.16. The van der Waals surface area contributed by atoms with E-state index in [-0.39, 0.29) is 16.4 Å². The van der Waals surface area contributed by atoms with Crippen LogP contribution < -0.4 is 0 Å². The molecule has 0 aromatic heterocycles. The number of hydrogen-bond donors (Lipinski definition) is 0. The monoisotopic (exact) mass is 340 g/mol. The Hall–Kier alpha value is -1.19. The number of carbonyl (C=O) groups excluding carboxylic acids is 1. The van der Waals surface area contributed by atoms with E-state index in [9.17, 15) is 9.18 Å². The Morgan fingerprint density at radius 3 is 2.26 bits per heavy atom. The lowest BCUT2D eigenvalue weighted by molar-refractivity contribution is 0.103. The maximum atomic E-state index is 13.8. The third kappa shape index (κ3) is 2.88. The summed E-state index contributed by atoms with van der Waals surface area (Å²) in [5.41, 5.74) is 2.39. The van der Waals surface area contributed by atoms with Crippen molar-refractivity contribution in [1.82, 2.24) is 0 Å². The maximum absolute atomic E-state index is 13.8. The first-order valence-corrected chi connectivity index (χ1v) is 6.83. The zero-order chi connectivity index (χ0) is 14.2. The van der Waals surface area contributed by atoms with Gasteiger partial charge in [0.05, 0.1) is 5.56 Å². The lowest BCUT2D eigenvalue weighted by Crippen LogP contribution is -2.05. The summed E-state index contributed by atoms with van der Waals surface area (Å²) in [6, 6.07) is 7.55. The van der Waals surface area contributed by atoms with E-state index >= 15 is 0 Å². The van der Waals surface area contributed by atoms with Crippen LogP contribution in [0, 0.1) is 19.7 Å². The van der Waals surface area contributed by atoms with Gasteiger partial charge in [-0.25, -0.2) is 4.39 Å². The fourth-order valence-electron chi connectivity index (χ4n) is 1.91. The molecule has 2 aromatic carbocycles. The number of halogens is 3. The fraction of sp³-hybridized carbons (Fsp3) is 0.133. The molecular weight excluding hydrogens is 331 g/mol. The van der Waals surface area contributed by atoms with Crippen LogP contribution in [0.2, 0.25) is 5.02 Å². The Labute approximate surface area is 124 Å². The van der Waals surface area contributed by atoms with E-state index in [2.05, 4.69) is 15.9 Å². The van der Waals surface area contributed by atoms with Crippen LogP contribution >= 0.6 is 27.5 Å². The molecule has 0 aliphatic heterocycles. The summed E-state index contributed by atoms with van der Waals surface area (Å²) in [4.78, 5) is 12.3. The van der Waals surface area contributed by atoms with Crippen molar-refractivity contribution in [1.29, 1.82) is 0 Å². The second-order valence-corrected chi connectivity index (χ2v) is 5.61. The van der Waals surface area contributed by atoms with E-state index in [0.717, 1.165) is 21.7 Å². The Balaban J connectivity index is 2.50. The minimum Gasteiger partial charge on any atom is -0.288 e. The second-order valence-electron chi connectivity index (χ2n) is 4.38. The van der Waals surface area contributed by atoms with E-state index in [1.54, 1.807) is 12.1 Å². The highest BCUT2D eigenvalue weighted by Crippen LogP contribution is 2.25. The SMILES string of the molecule is Cc1cc(C(=O)c2ccc(Cl)cc2F)cc(C)c1Br. The van der Waals surface area contributed by atoms with Crippen LogP contribution in [0.15, 0.2) is 34.8 Å². The summed E-state index contributed by atoms with van der Waals surface area (Å²) in [5.74, 6) is -0.941. The molecule has 0 saturated heterocycles. The standard InChI is InChI=1S/C15H11BrClFO/c1-8-5-10(6-9(2)14(8)16)15(19)12-4-3-11(17)7-13(12)18/h3-7H,1-2H3. The van der Waals surface area contributed by atoms with Gasteiger partial charge in [0.25, 0.3) is 0 Å². The van der Waals surface area contributed by atoms with Crippen molar-refractivity contribution in [3.63, 3.8) is 0 Å². The molecule has 0 amide bonds. The minimum absolute atomic E-state index is 0.0329. The summed E-state index contributed by atoms with van der Waals surface area (Å²) >= 11 is 9.12. The van der Waals surface area contributed by atoms with Gasteiger partial charge in [-0.2, -0.15) is 0 Å². The highest BCUT2D eigenvalue weighted by molar-refractivity contribution is 9.10. The van der Waals surface area contributed by atoms with Crippen LogP contribution in [0.1, 0.15) is 27.0 Å². The van der Waals surface area contributed by atoms with Crippen LogP contribution in [0.5, 0.6) is 0 Å².